The minimum atomic E-state index is -5.75. The molecule has 0 aromatic heterocycles. The van der Waals surface area contributed by atoms with Crippen LogP contribution in [0.2, 0.25) is 0 Å². The van der Waals surface area contributed by atoms with E-state index in [1.54, 1.807) is 6.92 Å². The van der Waals surface area contributed by atoms with Crippen LogP contribution in [-0.2, 0) is 38.2 Å². The summed E-state index contributed by atoms with van der Waals surface area (Å²) in [6.07, 6.45) is -18.1. The Bertz CT molecular complexity index is 1360. The highest BCUT2D eigenvalue weighted by Crippen LogP contribution is 2.70. The number of ketones is 2. The zero-order valence-corrected chi connectivity index (χ0v) is 23.7. The van der Waals surface area contributed by atoms with E-state index in [1.807, 2.05) is 0 Å². The molecule has 0 N–H and O–H groups in total. The Morgan fingerprint density at radius 1 is 0.911 bits per heavy atom. The van der Waals surface area contributed by atoms with E-state index in [-0.39, 0.29) is 37.9 Å². The normalized spacial score (nSPS) is 35.0. The van der Waals surface area contributed by atoms with E-state index >= 15 is 0 Å². The van der Waals surface area contributed by atoms with Crippen LogP contribution in [0.15, 0.2) is 23.8 Å². The molecule has 0 radical (unpaired) electrons. The number of halogens is 9. The Morgan fingerprint density at radius 2 is 1.49 bits per heavy atom. The molecular formula is C28H27F9O8. The molecule has 3 fully saturated rings. The summed E-state index contributed by atoms with van der Waals surface area (Å²) in [4.78, 5) is 61.6. The molecule has 8 nitrogen and oxygen atoms in total. The molecule has 0 amide bonds. The van der Waals surface area contributed by atoms with Crippen LogP contribution >= 0.6 is 0 Å². The number of rotatable bonds is 5. The molecule has 0 aromatic carbocycles. The van der Waals surface area contributed by atoms with Gasteiger partial charge in [0.2, 0.25) is 11.4 Å². The maximum absolute atomic E-state index is 13.6. The first-order valence-electron chi connectivity index (χ1n) is 13.7. The lowest BCUT2D eigenvalue weighted by molar-refractivity contribution is -0.238. The van der Waals surface area contributed by atoms with Crippen LogP contribution in [0.1, 0.15) is 52.4 Å². The van der Waals surface area contributed by atoms with Gasteiger partial charge in [-0.3, -0.25) is 9.59 Å². The van der Waals surface area contributed by atoms with Gasteiger partial charge in [0.25, 0.3) is 0 Å². The Labute approximate surface area is 249 Å². The third-order valence-electron chi connectivity index (χ3n) is 9.96. The average Bonchev–Trinajstić information content (AvgIpc) is 3.12. The lowest BCUT2D eigenvalue weighted by Gasteiger charge is -2.61. The van der Waals surface area contributed by atoms with Gasteiger partial charge in [0.1, 0.15) is 6.10 Å². The van der Waals surface area contributed by atoms with Crippen molar-refractivity contribution in [2.24, 2.45) is 28.6 Å². The third-order valence-corrected chi connectivity index (χ3v) is 9.96. The van der Waals surface area contributed by atoms with Gasteiger partial charge in [-0.2, -0.15) is 39.5 Å². The van der Waals surface area contributed by atoms with Gasteiger partial charge in [-0.1, -0.05) is 26.0 Å². The summed E-state index contributed by atoms with van der Waals surface area (Å²) in [6, 6.07) is 0. The molecule has 250 valence electrons. The SMILES string of the molecule is C=C1C[C@H]2[C@@H]3CCC4=CC(=O)CC[C@]4(C)[C@H]3[C@@H](OC(=O)C(F)(F)F)C[C@]2(C)[C@@]1(OC(=O)C(F)(F)F)C(=O)COC(=O)C(F)(F)F. The van der Waals surface area contributed by atoms with Gasteiger partial charge in [-0.25, -0.2) is 14.4 Å². The number of hydrogen-bond acceptors (Lipinski definition) is 8. The monoisotopic (exact) mass is 662 g/mol. The van der Waals surface area contributed by atoms with E-state index in [9.17, 15) is 63.5 Å². The fraction of sp³-hybridized carbons (Fsp3) is 0.679. The molecule has 17 heteroatoms. The van der Waals surface area contributed by atoms with Crippen molar-refractivity contribution in [3.05, 3.63) is 23.8 Å². The van der Waals surface area contributed by atoms with E-state index < -0.39 is 101 Å². The molecule has 45 heavy (non-hydrogen) atoms. The molecule has 0 aliphatic heterocycles. The lowest BCUT2D eigenvalue weighted by Crippen LogP contribution is -2.64. The summed E-state index contributed by atoms with van der Waals surface area (Å²) in [5.74, 6) is -13.3. The molecule has 4 aliphatic rings. The van der Waals surface area contributed by atoms with Crippen molar-refractivity contribution in [2.45, 2.75) is 82.6 Å². The lowest BCUT2D eigenvalue weighted by atomic mass is 9.45. The number of fused-ring (bicyclic) bond motifs is 5. The van der Waals surface area contributed by atoms with Crippen molar-refractivity contribution in [1.82, 2.24) is 0 Å². The maximum atomic E-state index is 13.6. The highest BCUT2D eigenvalue weighted by molar-refractivity contribution is 5.97. The summed E-state index contributed by atoms with van der Waals surface area (Å²) in [5, 5.41) is 0. The van der Waals surface area contributed by atoms with Gasteiger partial charge in [-0.15, -0.1) is 0 Å². The second kappa shape index (κ2) is 10.9. The number of Topliss-reactive ketones (excluding diaryl/α,β-unsaturated/α-hetero) is 1. The summed E-state index contributed by atoms with van der Waals surface area (Å²) in [7, 11) is 0. The zero-order chi connectivity index (χ0) is 34.1. The predicted octanol–water partition coefficient (Wildman–Crippen LogP) is 5.29. The third kappa shape index (κ3) is 5.64. The molecule has 0 bridgehead atoms. The standard InChI is InChI=1S/C28H27F9O8/c1-12-8-16-15-5-4-13-9-14(38)6-7-23(13,2)19(15)17(44-21(41)27(32,33)34)10-24(16,3)25(12,45-22(42)28(35,36)37)18(39)11-43-20(40)26(29,30)31/h9,15-17,19H,1,4-8,10-11H2,2-3H3/t15-,16-,17-,19+,23-,24-,25-/m0/s1. The first kappa shape index (κ1) is 34.5. The highest BCUT2D eigenvalue weighted by Gasteiger charge is 2.74. The van der Waals surface area contributed by atoms with Crippen LogP contribution in [0.4, 0.5) is 39.5 Å². The molecule has 7 atom stereocenters. The van der Waals surface area contributed by atoms with Crippen LogP contribution in [0, 0.1) is 28.6 Å². The largest absolute Gasteiger partial charge is 0.490 e. The predicted molar refractivity (Wildman–Crippen MR) is 129 cm³/mol. The van der Waals surface area contributed by atoms with E-state index in [1.165, 1.54) is 6.08 Å². The molecule has 0 spiro atoms. The summed E-state index contributed by atoms with van der Waals surface area (Å²) < 4.78 is 133. The molecule has 3 saturated carbocycles. The summed E-state index contributed by atoms with van der Waals surface area (Å²) >= 11 is 0. The summed E-state index contributed by atoms with van der Waals surface area (Å²) in [5.41, 5.74) is -6.28. The van der Waals surface area contributed by atoms with Crippen LogP contribution in [0.5, 0.6) is 0 Å². The van der Waals surface area contributed by atoms with Crippen molar-refractivity contribution in [3.63, 3.8) is 0 Å². The number of ether oxygens (including phenoxy) is 3. The van der Waals surface area contributed by atoms with E-state index in [4.69, 9.17) is 9.47 Å². The van der Waals surface area contributed by atoms with Gasteiger partial charge in [-0.05, 0) is 61.0 Å². The highest BCUT2D eigenvalue weighted by atomic mass is 19.4. The number of allylic oxidation sites excluding steroid dienone is 1. The fourth-order valence-corrected chi connectivity index (χ4v) is 8.18. The van der Waals surface area contributed by atoms with Crippen molar-refractivity contribution in [2.75, 3.05) is 6.61 Å². The molecular weight excluding hydrogens is 635 g/mol. The number of hydrogen-bond donors (Lipinski definition) is 0. The molecule has 0 heterocycles. The van der Waals surface area contributed by atoms with Crippen molar-refractivity contribution in [3.8, 4) is 0 Å². The smallest absolute Gasteiger partial charge is 0.455 e. The minimum absolute atomic E-state index is 0.00596. The first-order chi connectivity index (χ1) is 20.4. The molecule has 4 aliphatic carbocycles. The second-order valence-corrected chi connectivity index (χ2v) is 12.3. The van der Waals surface area contributed by atoms with Gasteiger partial charge < -0.3 is 14.2 Å². The Balaban J connectivity index is 1.87. The van der Waals surface area contributed by atoms with Crippen molar-refractivity contribution < 1.29 is 77.7 Å². The van der Waals surface area contributed by atoms with Crippen LogP contribution in [0.3, 0.4) is 0 Å². The fourth-order valence-electron chi connectivity index (χ4n) is 8.18. The molecule has 0 saturated heterocycles. The van der Waals surface area contributed by atoms with Gasteiger partial charge in [0, 0.05) is 17.8 Å². The zero-order valence-electron chi connectivity index (χ0n) is 23.7. The Morgan fingerprint density at radius 3 is 2.04 bits per heavy atom. The Kier molecular flexibility index (Phi) is 8.31. The van der Waals surface area contributed by atoms with E-state index in [2.05, 4.69) is 11.3 Å². The van der Waals surface area contributed by atoms with Crippen LogP contribution in [0.25, 0.3) is 0 Å². The van der Waals surface area contributed by atoms with Crippen molar-refractivity contribution in [1.29, 1.82) is 0 Å². The number of esters is 3. The molecule has 0 unspecified atom stereocenters. The summed E-state index contributed by atoms with van der Waals surface area (Å²) in [6.45, 7) is 4.52. The van der Waals surface area contributed by atoms with E-state index in [0.717, 1.165) is 6.92 Å². The Hall–Kier alpha value is -3.40. The minimum Gasteiger partial charge on any atom is -0.455 e. The van der Waals surface area contributed by atoms with Gasteiger partial charge in [0.05, 0.1) is 0 Å². The van der Waals surface area contributed by atoms with Crippen molar-refractivity contribution >= 4 is 29.5 Å². The van der Waals surface area contributed by atoms with E-state index in [0.29, 0.717) is 5.57 Å². The van der Waals surface area contributed by atoms with Crippen LogP contribution in [-0.4, -0.2) is 66.3 Å². The first-order valence-corrected chi connectivity index (χ1v) is 13.7. The number of carbonyl (C=O) groups excluding carboxylic acids is 5. The quantitative estimate of drug-likeness (QED) is 0.169. The number of carbonyl (C=O) groups is 5. The topological polar surface area (TPSA) is 113 Å². The maximum Gasteiger partial charge on any atom is 0.490 e. The van der Waals surface area contributed by atoms with Gasteiger partial charge >= 0.3 is 36.4 Å². The molecule has 4 rings (SSSR count). The number of alkyl halides is 9. The molecule has 0 aromatic rings. The van der Waals surface area contributed by atoms with Crippen LogP contribution < -0.4 is 0 Å². The average molecular weight is 662 g/mol. The second-order valence-electron chi connectivity index (χ2n) is 12.3. The van der Waals surface area contributed by atoms with Gasteiger partial charge in [0.15, 0.2) is 12.4 Å².